The fourth-order valence-electron chi connectivity index (χ4n) is 1.87. The van der Waals surface area contributed by atoms with Gasteiger partial charge in [0.25, 0.3) is 0 Å². The van der Waals surface area contributed by atoms with Crippen LogP contribution in [0.1, 0.15) is 12.8 Å². The highest BCUT2D eigenvalue weighted by atomic mass is 19.1. The molecule has 1 aliphatic rings. The number of aromatic nitrogens is 2. The first-order chi connectivity index (χ1) is 8.49. The van der Waals surface area contributed by atoms with Gasteiger partial charge in [-0.1, -0.05) is 0 Å². The van der Waals surface area contributed by atoms with E-state index in [1.165, 1.54) is 12.1 Å². The number of aryl methyl sites for hydroxylation is 1. The summed E-state index contributed by atoms with van der Waals surface area (Å²) in [6, 6.07) is 4.32. The molecule has 6 heteroatoms. The van der Waals surface area contributed by atoms with Crippen LogP contribution in [0.25, 0.3) is 11.0 Å². The zero-order chi connectivity index (χ0) is 12.9. The molecule has 1 aliphatic carbocycles. The van der Waals surface area contributed by atoms with Gasteiger partial charge in [-0.05, 0) is 25.0 Å². The summed E-state index contributed by atoms with van der Waals surface area (Å²) in [7, 11) is 1.76. The van der Waals surface area contributed by atoms with Crippen molar-refractivity contribution in [3.63, 3.8) is 0 Å². The Kier molecular flexibility index (Phi) is 2.18. The van der Waals surface area contributed by atoms with E-state index in [1.807, 2.05) is 0 Å². The number of hydrogen-bond donors (Lipinski definition) is 2. The first kappa shape index (κ1) is 11.2. The second-order valence-electron chi connectivity index (χ2n) is 4.74. The summed E-state index contributed by atoms with van der Waals surface area (Å²) < 4.78 is 14.8. The Morgan fingerprint density at radius 2 is 2.28 bits per heavy atom. The Hall–Kier alpha value is -1.95. The van der Waals surface area contributed by atoms with Gasteiger partial charge in [0, 0.05) is 13.1 Å². The normalized spacial score (nSPS) is 16.8. The summed E-state index contributed by atoms with van der Waals surface area (Å²) in [5.41, 5.74) is 6.32. The van der Waals surface area contributed by atoms with E-state index in [-0.39, 0.29) is 11.7 Å². The van der Waals surface area contributed by atoms with Crippen LogP contribution in [0.2, 0.25) is 0 Å². The van der Waals surface area contributed by atoms with Crippen molar-refractivity contribution in [1.82, 2.24) is 9.55 Å². The second kappa shape index (κ2) is 3.52. The molecule has 0 unspecified atom stereocenters. The molecule has 1 heterocycles. The van der Waals surface area contributed by atoms with E-state index < -0.39 is 5.54 Å². The van der Waals surface area contributed by atoms with Gasteiger partial charge in [-0.3, -0.25) is 10.1 Å². The van der Waals surface area contributed by atoms with E-state index in [1.54, 1.807) is 17.7 Å². The molecule has 0 radical (unpaired) electrons. The first-order valence-corrected chi connectivity index (χ1v) is 5.72. The quantitative estimate of drug-likeness (QED) is 0.837. The number of carbonyl (C=O) groups excluding carboxylic acids is 1. The Balaban J connectivity index is 1.97. The van der Waals surface area contributed by atoms with Crippen LogP contribution in [0.4, 0.5) is 10.3 Å². The second-order valence-corrected chi connectivity index (χ2v) is 4.74. The van der Waals surface area contributed by atoms with Crippen molar-refractivity contribution in [3.05, 3.63) is 24.0 Å². The Morgan fingerprint density at radius 3 is 2.94 bits per heavy atom. The van der Waals surface area contributed by atoms with E-state index in [2.05, 4.69) is 10.3 Å². The van der Waals surface area contributed by atoms with Gasteiger partial charge in [0.1, 0.15) is 5.82 Å². The average Bonchev–Trinajstić information content (AvgIpc) is 3.00. The molecule has 0 aliphatic heterocycles. The van der Waals surface area contributed by atoms with Crippen LogP contribution in [0.5, 0.6) is 0 Å². The van der Waals surface area contributed by atoms with Crippen LogP contribution in [-0.4, -0.2) is 21.0 Å². The lowest BCUT2D eigenvalue weighted by Gasteiger charge is -2.09. The summed E-state index contributed by atoms with van der Waals surface area (Å²) in [6.07, 6.45) is 1.38. The molecule has 0 atom stereocenters. The molecule has 0 spiro atoms. The fraction of sp³-hybridized carbons (Fsp3) is 0.333. The highest BCUT2D eigenvalue weighted by Gasteiger charge is 2.46. The lowest BCUT2D eigenvalue weighted by atomic mass is 10.3. The topological polar surface area (TPSA) is 72.9 Å². The van der Waals surface area contributed by atoms with Gasteiger partial charge in [0.15, 0.2) is 0 Å². The number of nitrogens with two attached hydrogens (primary N) is 1. The summed E-state index contributed by atoms with van der Waals surface area (Å²) in [4.78, 5) is 16.0. The maximum atomic E-state index is 13.1. The van der Waals surface area contributed by atoms with Crippen molar-refractivity contribution in [2.75, 3.05) is 5.32 Å². The van der Waals surface area contributed by atoms with Gasteiger partial charge in [-0.15, -0.1) is 0 Å². The molecular weight excluding hydrogens is 235 g/mol. The van der Waals surface area contributed by atoms with Crippen LogP contribution < -0.4 is 11.1 Å². The number of fused-ring (bicyclic) bond motifs is 1. The monoisotopic (exact) mass is 248 g/mol. The van der Waals surface area contributed by atoms with Crippen molar-refractivity contribution >= 4 is 22.9 Å². The highest BCUT2D eigenvalue weighted by molar-refractivity contribution is 6.00. The number of halogens is 1. The van der Waals surface area contributed by atoms with Gasteiger partial charge in [-0.2, -0.15) is 0 Å². The SMILES string of the molecule is Cn1c(NC(=O)C2(N)CC2)nc2cc(F)ccc21. The minimum atomic E-state index is -0.747. The third-order valence-electron chi connectivity index (χ3n) is 3.31. The third kappa shape index (κ3) is 1.65. The zero-order valence-electron chi connectivity index (χ0n) is 9.90. The van der Waals surface area contributed by atoms with Crippen LogP contribution in [0.15, 0.2) is 18.2 Å². The molecule has 94 valence electrons. The molecule has 1 fully saturated rings. The number of amides is 1. The number of imidazole rings is 1. The highest BCUT2D eigenvalue weighted by Crippen LogP contribution is 2.33. The minimum absolute atomic E-state index is 0.235. The number of nitrogens with one attached hydrogen (secondary N) is 1. The molecule has 0 bridgehead atoms. The summed E-state index contributed by atoms with van der Waals surface area (Å²) >= 11 is 0. The number of hydrogen-bond acceptors (Lipinski definition) is 3. The standard InChI is InChI=1S/C12H13FN4O/c1-17-9-3-2-7(13)6-8(9)15-11(17)16-10(18)12(14)4-5-12/h2-3,6H,4-5,14H2,1H3,(H,15,16,18). The van der Waals surface area contributed by atoms with Gasteiger partial charge >= 0.3 is 0 Å². The van der Waals surface area contributed by atoms with Crippen molar-refractivity contribution in [1.29, 1.82) is 0 Å². The Bertz CT molecular complexity index is 645. The molecule has 1 aromatic heterocycles. The van der Waals surface area contributed by atoms with Gasteiger partial charge in [0.2, 0.25) is 11.9 Å². The van der Waals surface area contributed by atoms with Crippen LogP contribution in [0, 0.1) is 5.82 Å². The van der Waals surface area contributed by atoms with E-state index in [0.29, 0.717) is 24.3 Å². The molecule has 18 heavy (non-hydrogen) atoms. The van der Waals surface area contributed by atoms with Crippen molar-refractivity contribution in [3.8, 4) is 0 Å². The number of carbonyl (C=O) groups is 1. The number of benzene rings is 1. The lowest BCUT2D eigenvalue weighted by molar-refractivity contribution is -0.118. The number of anilines is 1. The van der Waals surface area contributed by atoms with E-state index in [0.717, 1.165) is 5.52 Å². The summed E-state index contributed by atoms with van der Waals surface area (Å²) in [6.45, 7) is 0. The van der Waals surface area contributed by atoms with Gasteiger partial charge < -0.3 is 10.3 Å². The van der Waals surface area contributed by atoms with E-state index in [9.17, 15) is 9.18 Å². The lowest BCUT2D eigenvalue weighted by Crippen LogP contribution is -2.38. The maximum Gasteiger partial charge on any atom is 0.246 e. The van der Waals surface area contributed by atoms with Crippen molar-refractivity contribution in [2.45, 2.75) is 18.4 Å². The molecular formula is C12H13FN4O. The molecule has 3 rings (SSSR count). The van der Waals surface area contributed by atoms with Crippen LogP contribution >= 0.6 is 0 Å². The fourth-order valence-corrected chi connectivity index (χ4v) is 1.87. The zero-order valence-corrected chi connectivity index (χ0v) is 9.90. The predicted octanol–water partition coefficient (Wildman–Crippen LogP) is 1.14. The smallest absolute Gasteiger partial charge is 0.246 e. The largest absolute Gasteiger partial charge is 0.317 e. The molecule has 1 amide bonds. The van der Waals surface area contributed by atoms with Gasteiger partial charge in [0.05, 0.1) is 16.6 Å². The third-order valence-corrected chi connectivity index (χ3v) is 3.31. The van der Waals surface area contributed by atoms with Gasteiger partial charge in [-0.25, -0.2) is 9.37 Å². The Labute approximate surface area is 103 Å². The Morgan fingerprint density at radius 1 is 1.56 bits per heavy atom. The summed E-state index contributed by atoms with van der Waals surface area (Å²) in [5.74, 6) is -0.199. The molecule has 0 saturated heterocycles. The maximum absolute atomic E-state index is 13.1. The molecule has 1 aromatic carbocycles. The summed E-state index contributed by atoms with van der Waals surface area (Å²) in [5, 5.41) is 2.69. The minimum Gasteiger partial charge on any atom is -0.317 e. The van der Waals surface area contributed by atoms with Crippen LogP contribution in [0.3, 0.4) is 0 Å². The van der Waals surface area contributed by atoms with Crippen LogP contribution in [-0.2, 0) is 11.8 Å². The van der Waals surface area contributed by atoms with E-state index in [4.69, 9.17) is 5.73 Å². The average molecular weight is 248 g/mol. The number of rotatable bonds is 2. The van der Waals surface area contributed by atoms with Crippen molar-refractivity contribution < 1.29 is 9.18 Å². The van der Waals surface area contributed by atoms with Crippen molar-refractivity contribution in [2.24, 2.45) is 12.8 Å². The molecule has 3 N–H and O–H groups in total. The first-order valence-electron chi connectivity index (χ1n) is 5.72. The number of nitrogens with zero attached hydrogens (tertiary/aromatic N) is 2. The molecule has 5 nitrogen and oxygen atoms in total. The molecule has 1 saturated carbocycles. The molecule has 2 aromatic rings. The van der Waals surface area contributed by atoms with E-state index >= 15 is 0 Å². The predicted molar refractivity (Wildman–Crippen MR) is 65.5 cm³/mol.